The molecule has 1 aliphatic heterocycles. The highest BCUT2D eigenvalue weighted by Gasteiger charge is 2.50. The number of nitrogens with zero attached hydrogens (tertiary/aromatic N) is 2. The maximum absolute atomic E-state index is 14.0. The maximum atomic E-state index is 14.0. The Balaban J connectivity index is 1.60. The van der Waals surface area contributed by atoms with Crippen molar-refractivity contribution in [3.63, 3.8) is 0 Å². The average Bonchev–Trinajstić information content (AvgIpc) is 3.27. The Kier molecular flexibility index (Phi) is 6.53. The Labute approximate surface area is 208 Å². The Bertz CT molecular complexity index is 1170. The van der Waals surface area contributed by atoms with Crippen molar-refractivity contribution >= 4 is 35.1 Å². The van der Waals surface area contributed by atoms with Gasteiger partial charge in [-0.15, -0.1) is 0 Å². The van der Waals surface area contributed by atoms with Crippen molar-refractivity contribution in [2.24, 2.45) is 5.92 Å². The number of carboxylic acid groups (broad SMARTS) is 1. The zero-order valence-corrected chi connectivity index (χ0v) is 20.1. The topological polar surface area (TPSA) is 77.9 Å². The highest BCUT2D eigenvalue weighted by Crippen LogP contribution is 2.53. The number of hydrogen-bond acceptors (Lipinski definition) is 3. The Morgan fingerprint density at radius 3 is 2.49 bits per heavy atom. The normalized spacial score (nSPS) is 23.3. The van der Waals surface area contributed by atoms with Gasteiger partial charge in [0, 0.05) is 35.0 Å². The fraction of sp³-hybridized carbons (Fsp3) is 0.444. The fourth-order valence-electron chi connectivity index (χ4n) is 6.01. The minimum Gasteiger partial charge on any atom is -0.481 e. The summed E-state index contributed by atoms with van der Waals surface area (Å²) in [6, 6.07) is 10.8. The van der Waals surface area contributed by atoms with Gasteiger partial charge in [-0.3, -0.25) is 14.4 Å². The highest BCUT2D eigenvalue weighted by atomic mass is 35.5. The molecular weight excluding hydrogens is 471 g/mol. The van der Waals surface area contributed by atoms with Gasteiger partial charge >= 0.3 is 5.97 Å². The Morgan fingerprint density at radius 1 is 1.03 bits per heavy atom. The number of anilines is 1. The second-order valence-electron chi connectivity index (χ2n) is 9.78. The molecule has 1 heterocycles. The van der Waals surface area contributed by atoms with E-state index in [1.54, 1.807) is 23.1 Å². The first-order chi connectivity index (χ1) is 16.8. The lowest BCUT2D eigenvalue weighted by atomic mass is 9.78. The summed E-state index contributed by atoms with van der Waals surface area (Å²) in [7, 11) is 0. The van der Waals surface area contributed by atoms with E-state index in [4.69, 9.17) is 11.6 Å². The van der Waals surface area contributed by atoms with Gasteiger partial charge in [0.05, 0.1) is 18.2 Å². The molecule has 6 nitrogen and oxygen atoms in total. The number of fused-ring (bicyclic) bond motifs is 2. The summed E-state index contributed by atoms with van der Waals surface area (Å²) in [4.78, 5) is 42.0. The predicted octanol–water partition coefficient (Wildman–Crippen LogP) is 5.60. The molecule has 0 bridgehead atoms. The van der Waals surface area contributed by atoms with Crippen LogP contribution in [0.4, 0.5) is 10.1 Å². The van der Waals surface area contributed by atoms with Crippen LogP contribution >= 0.6 is 11.6 Å². The third kappa shape index (κ3) is 4.42. The monoisotopic (exact) mass is 498 g/mol. The number of halogens is 2. The van der Waals surface area contributed by atoms with Gasteiger partial charge in [0.25, 0.3) is 5.91 Å². The summed E-state index contributed by atoms with van der Waals surface area (Å²) < 4.78 is 14.0. The van der Waals surface area contributed by atoms with E-state index >= 15 is 0 Å². The number of carboxylic acids is 1. The molecule has 0 radical (unpaired) electrons. The minimum atomic E-state index is -0.992. The molecule has 1 N–H and O–H groups in total. The number of amides is 2. The zero-order valence-electron chi connectivity index (χ0n) is 19.3. The van der Waals surface area contributed by atoms with Crippen molar-refractivity contribution < 1.29 is 23.9 Å². The van der Waals surface area contributed by atoms with Crippen molar-refractivity contribution in [2.75, 3.05) is 4.90 Å². The lowest BCUT2D eigenvalue weighted by Gasteiger charge is -2.51. The van der Waals surface area contributed by atoms with Crippen LogP contribution in [-0.2, 0) is 9.59 Å². The van der Waals surface area contributed by atoms with Crippen molar-refractivity contribution in [3.8, 4) is 0 Å². The van der Waals surface area contributed by atoms with Gasteiger partial charge < -0.3 is 14.9 Å². The maximum Gasteiger partial charge on any atom is 0.303 e. The molecule has 2 aromatic carbocycles. The molecule has 0 spiro atoms. The summed E-state index contributed by atoms with van der Waals surface area (Å²) in [5.74, 6) is -1.89. The highest BCUT2D eigenvalue weighted by molar-refractivity contribution is 6.31. The van der Waals surface area contributed by atoms with Crippen LogP contribution in [0.5, 0.6) is 0 Å². The van der Waals surface area contributed by atoms with Gasteiger partial charge in [0.15, 0.2) is 0 Å². The minimum absolute atomic E-state index is 0.00978. The molecule has 2 saturated carbocycles. The molecule has 0 aromatic heterocycles. The van der Waals surface area contributed by atoms with Crippen LogP contribution in [-0.4, -0.2) is 39.9 Å². The zero-order chi connectivity index (χ0) is 24.7. The molecule has 35 heavy (non-hydrogen) atoms. The number of carbonyl (C=O) groups excluding carboxylic acids is 2. The predicted molar refractivity (Wildman–Crippen MR) is 130 cm³/mol. The molecule has 2 aliphatic carbocycles. The molecule has 2 amide bonds. The quantitative estimate of drug-likeness (QED) is 0.562. The van der Waals surface area contributed by atoms with Crippen molar-refractivity contribution in [1.82, 2.24) is 4.90 Å². The summed E-state index contributed by atoms with van der Waals surface area (Å²) in [6.07, 6.45) is 5.09. The molecule has 5 rings (SSSR count). The van der Waals surface area contributed by atoms with Crippen LogP contribution < -0.4 is 4.90 Å². The van der Waals surface area contributed by atoms with E-state index in [1.807, 2.05) is 11.0 Å². The van der Waals surface area contributed by atoms with Gasteiger partial charge in [-0.2, -0.15) is 0 Å². The van der Waals surface area contributed by atoms with Crippen LogP contribution in [0.1, 0.15) is 73.3 Å². The van der Waals surface area contributed by atoms with Crippen LogP contribution in [0.3, 0.4) is 0 Å². The van der Waals surface area contributed by atoms with E-state index in [0.717, 1.165) is 44.1 Å². The molecular formula is C27H28ClFN2O4. The molecule has 3 aliphatic rings. The SMILES string of the molecule is O=C(O)CCC(=O)N(C1CCC1)C1c2ccc(Cl)cc2N(C(=O)c2cccc(F)c2)C2CCCC21. The first-order valence-corrected chi connectivity index (χ1v) is 12.6. The van der Waals surface area contributed by atoms with E-state index < -0.39 is 11.8 Å². The molecule has 184 valence electrons. The third-order valence-electron chi connectivity index (χ3n) is 7.74. The summed E-state index contributed by atoms with van der Waals surface area (Å²) in [6.45, 7) is 0. The summed E-state index contributed by atoms with van der Waals surface area (Å²) >= 11 is 6.39. The van der Waals surface area contributed by atoms with E-state index in [9.17, 15) is 23.9 Å². The lowest BCUT2D eigenvalue weighted by Crippen LogP contribution is -2.55. The average molecular weight is 499 g/mol. The summed E-state index contributed by atoms with van der Waals surface area (Å²) in [5, 5.41) is 9.65. The Hall–Kier alpha value is -2.93. The van der Waals surface area contributed by atoms with E-state index in [1.165, 1.54) is 18.2 Å². The van der Waals surface area contributed by atoms with E-state index in [2.05, 4.69) is 0 Å². The van der Waals surface area contributed by atoms with Crippen molar-refractivity contribution in [3.05, 3.63) is 64.4 Å². The second-order valence-corrected chi connectivity index (χ2v) is 10.2. The van der Waals surface area contributed by atoms with Crippen molar-refractivity contribution in [2.45, 2.75) is 69.5 Å². The number of aliphatic carboxylic acids is 1. The molecule has 2 aromatic rings. The van der Waals surface area contributed by atoms with Crippen LogP contribution in [0.2, 0.25) is 5.02 Å². The lowest BCUT2D eigenvalue weighted by molar-refractivity contribution is -0.145. The third-order valence-corrected chi connectivity index (χ3v) is 7.97. The van der Waals surface area contributed by atoms with Gasteiger partial charge in [0.2, 0.25) is 5.91 Å². The van der Waals surface area contributed by atoms with Gasteiger partial charge in [-0.25, -0.2) is 4.39 Å². The first-order valence-electron chi connectivity index (χ1n) is 12.3. The number of benzene rings is 2. The second kappa shape index (κ2) is 9.61. The van der Waals surface area contributed by atoms with Crippen LogP contribution in [0.15, 0.2) is 42.5 Å². The molecule has 3 atom stereocenters. The van der Waals surface area contributed by atoms with Crippen molar-refractivity contribution in [1.29, 1.82) is 0 Å². The fourth-order valence-corrected chi connectivity index (χ4v) is 6.18. The molecule has 8 heteroatoms. The summed E-state index contributed by atoms with van der Waals surface area (Å²) in [5.41, 5.74) is 1.77. The van der Waals surface area contributed by atoms with E-state index in [-0.39, 0.29) is 54.3 Å². The molecule has 0 saturated heterocycles. The number of rotatable bonds is 6. The van der Waals surface area contributed by atoms with Gasteiger partial charge in [0.1, 0.15) is 5.82 Å². The van der Waals surface area contributed by atoms with Gasteiger partial charge in [-0.05, 0) is 68.0 Å². The van der Waals surface area contributed by atoms with Crippen LogP contribution in [0.25, 0.3) is 0 Å². The molecule has 3 unspecified atom stereocenters. The standard InChI is InChI=1S/C27H28ClFN2O4/c28-17-10-11-21-23(15-17)31(27(35)16-4-1-5-18(29)14-16)22-9-3-8-20(22)26(21)30(19-6-2-7-19)24(32)12-13-25(33)34/h1,4-5,10-11,14-15,19-20,22,26H,2-3,6-9,12-13H2,(H,33,34). The van der Waals surface area contributed by atoms with Gasteiger partial charge in [-0.1, -0.05) is 30.2 Å². The first kappa shape index (κ1) is 23.8. The van der Waals surface area contributed by atoms with Crippen LogP contribution in [0, 0.1) is 11.7 Å². The largest absolute Gasteiger partial charge is 0.481 e. The number of carbonyl (C=O) groups is 3. The smallest absolute Gasteiger partial charge is 0.303 e. The Morgan fingerprint density at radius 2 is 1.80 bits per heavy atom. The molecule has 2 fully saturated rings. The van der Waals surface area contributed by atoms with E-state index in [0.29, 0.717) is 10.7 Å². The number of hydrogen-bond donors (Lipinski definition) is 1.